The van der Waals surface area contributed by atoms with Crippen LogP contribution in [0.2, 0.25) is 0 Å². The van der Waals surface area contributed by atoms with E-state index in [0.29, 0.717) is 0 Å². The van der Waals surface area contributed by atoms with E-state index in [0.717, 1.165) is 82.9 Å². The molecule has 0 aliphatic carbocycles. The lowest BCUT2D eigenvalue weighted by atomic mass is 10.2. The van der Waals surface area contributed by atoms with Crippen molar-refractivity contribution in [3.63, 3.8) is 0 Å². The lowest BCUT2D eigenvalue weighted by Gasteiger charge is -2.29. The SMILES string of the molecule is NCCCCCCN(CCCCCCN)P(N)(=O)c1ccccc1. The first-order valence-corrected chi connectivity index (χ1v) is 11.0. The van der Waals surface area contributed by atoms with Crippen LogP contribution in [-0.2, 0) is 4.57 Å². The van der Waals surface area contributed by atoms with Crippen molar-refractivity contribution in [1.82, 2.24) is 4.67 Å². The monoisotopic (exact) mass is 354 g/mol. The Bertz CT molecular complexity index is 455. The molecule has 0 saturated heterocycles. The standard InChI is InChI=1S/C18H35N4OP/c19-14-8-1-3-10-16-22(17-11-4-2-9-15-20)24(21,23)18-12-6-5-7-13-18/h5-7,12-13H,1-4,8-11,14-17,19-20H2,(H2,21,23). The molecule has 138 valence electrons. The van der Waals surface area contributed by atoms with Crippen molar-refractivity contribution in [2.24, 2.45) is 17.0 Å². The normalized spacial score (nSPS) is 14.0. The fourth-order valence-corrected chi connectivity index (χ4v) is 4.60. The minimum atomic E-state index is -2.98. The predicted octanol–water partition coefficient (Wildman–Crippen LogP) is 2.80. The average Bonchev–Trinajstić information content (AvgIpc) is 2.60. The largest absolute Gasteiger partial charge is 0.330 e. The van der Waals surface area contributed by atoms with Gasteiger partial charge in [-0.2, -0.15) is 0 Å². The van der Waals surface area contributed by atoms with Gasteiger partial charge in [0.15, 0.2) is 0 Å². The molecule has 0 heterocycles. The summed E-state index contributed by atoms with van der Waals surface area (Å²) in [7, 11) is -2.98. The first-order chi connectivity index (χ1) is 11.6. The molecule has 1 rings (SSSR count). The Morgan fingerprint density at radius 2 is 1.21 bits per heavy atom. The van der Waals surface area contributed by atoms with Crippen LogP contribution in [0.4, 0.5) is 0 Å². The fraction of sp³-hybridized carbons (Fsp3) is 0.667. The third-order valence-electron chi connectivity index (χ3n) is 4.29. The smallest absolute Gasteiger partial charge is 0.240 e. The van der Waals surface area contributed by atoms with Gasteiger partial charge in [0.25, 0.3) is 0 Å². The summed E-state index contributed by atoms with van der Waals surface area (Å²) < 4.78 is 15.2. The van der Waals surface area contributed by atoms with Gasteiger partial charge in [-0.1, -0.05) is 43.9 Å². The van der Waals surface area contributed by atoms with Crippen LogP contribution in [0.1, 0.15) is 51.4 Å². The molecular weight excluding hydrogens is 319 g/mol. The molecule has 0 amide bonds. The van der Waals surface area contributed by atoms with Gasteiger partial charge in [-0.15, -0.1) is 0 Å². The van der Waals surface area contributed by atoms with Gasteiger partial charge in [-0.25, -0.2) is 4.67 Å². The Balaban J connectivity index is 2.60. The van der Waals surface area contributed by atoms with Crippen LogP contribution in [0.15, 0.2) is 30.3 Å². The highest BCUT2D eigenvalue weighted by Gasteiger charge is 2.27. The van der Waals surface area contributed by atoms with Gasteiger partial charge < -0.3 is 11.5 Å². The summed E-state index contributed by atoms with van der Waals surface area (Å²) >= 11 is 0. The quantitative estimate of drug-likeness (QED) is 0.352. The van der Waals surface area contributed by atoms with E-state index in [4.69, 9.17) is 17.0 Å². The molecule has 24 heavy (non-hydrogen) atoms. The molecule has 0 fully saturated rings. The lowest BCUT2D eigenvalue weighted by molar-refractivity contribution is 0.388. The number of nitrogens with two attached hydrogens (primary N) is 3. The molecule has 5 nitrogen and oxygen atoms in total. The molecule has 0 radical (unpaired) electrons. The van der Waals surface area contributed by atoms with Crippen molar-refractivity contribution in [1.29, 1.82) is 0 Å². The van der Waals surface area contributed by atoms with E-state index < -0.39 is 7.44 Å². The number of benzene rings is 1. The van der Waals surface area contributed by atoms with Crippen molar-refractivity contribution in [3.8, 4) is 0 Å². The van der Waals surface area contributed by atoms with E-state index in [1.54, 1.807) is 0 Å². The van der Waals surface area contributed by atoms with E-state index >= 15 is 0 Å². The van der Waals surface area contributed by atoms with Gasteiger partial charge in [-0.3, -0.25) is 10.1 Å². The highest BCUT2D eigenvalue weighted by Crippen LogP contribution is 2.40. The van der Waals surface area contributed by atoms with Crippen molar-refractivity contribution in [2.75, 3.05) is 26.2 Å². The number of unbranched alkanes of at least 4 members (excludes halogenated alkanes) is 6. The van der Waals surface area contributed by atoms with Crippen LogP contribution in [0.25, 0.3) is 0 Å². The van der Waals surface area contributed by atoms with Crippen molar-refractivity contribution >= 4 is 12.7 Å². The lowest BCUT2D eigenvalue weighted by Crippen LogP contribution is -2.32. The summed E-state index contributed by atoms with van der Waals surface area (Å²) in [4.78, 5) is 0. The Labute approximate surface area is 147 Å². The Kier molecular flexibility index (Phi) is 11.2. The zero-order chi connectivity index (χ0) is 17.7. The van der Waals surface area contributed by atoms with Crippen LogP contribution in [0.3, 0.4) is 0 Å². The Morgan fingerprint density at radius 3 is 1.67 bits per heavy atom. The summed E-state index contributed by atoms with van der Waals surface area (Å²) in [6, 6.07) is 9.46. The van der Waals surface area contributed by atoms with E-state index in [9.17, 15) is 4.57 Å². The number of rotatable bonds is 14. The average molecular weight is 354 g/mol. The zero-order valence-electron chi connectivity index (χ0n) is 14.9. The summed E-state index contributed by atoms with van der Waals surface area (Å²) in [5.41, 5.74) is 17.4. The highest BCUT2D eigenvalue weighted by molar-refractivity contribution is 7.67. The molecule has 0 aliphatic rings. The van der Waals surface area contributed by atoms with Crippen LogP contribution in [0.5, 0.6) is 0 Å². The fourth-order valence-electron chi connectivity index (χ4n) is 2.80. The van der Waals surface area contributed by atoms with Gasteiger partial charge in [0, 0.05) is 18.4 Å². The topological polar surface area (TPSA) is 98.4 Å². The first-order valence-electron chi connectivity index (χ1n) is 9.22. The summed E-state index contributed by atoms with van der Waals surface area (Å²) in [6.45, 7) is 3.04. The maximum absolute atomic E-state index is 13.2. The third kappa shape index (κ3) is 7.91. The second kappa shape index (κ2) is 12.6. The predicted molar refractivity (Wildman–Crippen MR) is 104 cm³/mol. The molecular formula is C18H35N4OP. The highest BCUT2D eigenvalue weighted by atomic mass is 31.2. The van der Waals surface area contributed by atoms with Crippen molar-refractivity contribution < 1.29 is 4.57 Å². The number of nitrogens with zero attached hydrogens (tertiary/aromatic N) is 1. The van der Waals surface area contributed by atoms with Crippen LogP contribution in [0, 0.1) is 0 Å². The minimum Gasteiger partial charge on any atom is -0.330 e. The van der Waals surface area contributed by atoms with E-state index in [1.807, 2.05) is 35.0 Å². The molecule has 1 aromatic carbocycles. The Morgan fingerprint density at radius 1 is 0.750 bits per heavy atom. The first kappa shape index (κ1) is 21.3. The molecule has 6 N–H and O–H groups in total. The maximum atomic E-state index is 13.2. The molecule has 6 heteroatoms. The van der Waals surface area contributed by atoms with Crippen LogP contribution < -0.4 is 22.3 Å². The van der Waals surface area contributed by atoms with Crippen molar-refractivity contribution in [3.05, 3.63) is 30.3 Å². The second-order valence-electron chi connectivity index (χ2n) is 6.32. The van der Waals surface area contributed by atoms with E-state index in [2.05, 4.69) is 0 Å². The van der Waals surface area contributed by atoms with Gasteiger partial charge >= 0.3 is 0 Å². The third-order valence-corrected chi connectivity index (χ3v) is 6.57. The maximum Gasteiger partial charge on any atom is 0.240 e. The summed E-state index contributed by atoms with van der Waals surface area (Å²) in [6.07, 6.45) is 8.59. The molecule has 0 aliphatic heterocycles. The summed E-state index contributed by atoms with van der Waals surface area (Å²) in [5.74, 6) is 0. The van der Waals surface area contributed by atoms with Gasteiger partial charge in [0.2, 0.25) is 7.44 Å². The van der Waals surface area contributed by atoms with Gasteiger partial charge in [0.1, 0.15) is 0 Å². The molecule has 0 spiro atoms. The van der Waals surface area contributed by atoms with E-state index in [-0.39, 0.29) is 0 Å². The molecule has 1 aromatic rings. The molecule has 0 aromatic heterocycles. The molecule has 1 atom stereocenters. The summed E-state index contributed by atoms with van der Waals surface area (Å²) in [5, 5.41) is 0.744. The van der Waals surface area contributed by atoms with Crippen LogP contribution in [-0.4, -0.2) is 30.8 Å². The molecule has 0 bridgehead atoms. The zero-order valence-corrected chi connectivity index (χ0v) is 15.8. The second-order valence-corrected chi connectivity index (χ2v) is 8.65. The van der Waals surface area contributed by atoms with E-state index in [1.165, 1.54) is 0 Å². The molecule has 0 saturated carbocycles. The minimum absolute atomic E-state index is 0.740. The van der Waals surface area contributed by atoms with Gasteiger partial charge in [-0.05, 0) is 50.9 Å². The van der Waals surface area contributed by atoms with Gasteiger partial charge in [0.05, 0.1) is 0 Å². The van der Waals surface area contributed by atoms with Crippen LogP contribution >= 0.6 is 7.44 Å². The number of hydrogen-bond donors (Lipinski definition) is 3. The number of hydrogen-bond acceptors (Lipinski definition) is 3. The Hall–Kier alpha value is -0.710. The molecule has 1 unspecified atom stereocenters. The van der Waals surface area contributed by atoms with Crippen molar-refractivity contribution in [2.45, 2.75) is 51.4 Å².